The van der Waals surface area contributed by atoms with Crippen molar-refractivity contribution in [1.29, 1.82) is 0 Å². The van der Waals surface area contributed by atoms with Crippen LogP contribution in [0.5, 0.6) is 0 Å². The van der Waals surface area contributed by atoms with Gasteiger partial charge in [-0.1, -0.05) is 25.4 Å². The minimum Gasteiger partial charge on any atom is -0.297 e. The summed E-state index contributed by atoms with van der Waals surface area (Å²) in [6.07, 6.45) is 3.14. The normalized spacial score (nSPS) is 24.3. The van der Waals surface area contributed by atoms with Crippen LogP contribution in [0.3, 0.4) is 0 Å². The van der Waals surface area contributed by atoms with Crippen molar-refractivity contribution in [2.24, 2.45) is 10.9 Å². The Bertz CT molecular complexity index is 456. The first kappa shape index (κ1) is 11.3. The standard InChI is InChI=1S/C12H13ClN2O/c1-7-3-10(6-16)15-11-4-9(13)5-14-12(11)8(7)2/h4-8H,3H2,1-2H3. The maximum Gasteiger partial charge on any atom is 0.164 e. The van der Waals surface area contributed by atoms with Crippen molar-refractivity contribution in [1.82, 2.24) is 4.98 Å². The molecule has 0 spiro atoms. The highest BCUT2D eigenvalue weighted by atomic mass is 35.5. The summed E-state index contributed by atoms with van der Waals surface area (Å²) in [4.78, 5) is 19.5. The van der Waals surface area contributed by atoms with Crippen LogP contribution in [0.2, 0.25) is 5.02 Å². The van der Waals surface area contributed by atoms with Crippen LogP contribution < -0.4 is 0 Å². The van der Waals surface area contributed by atoms with Crippen LogP contribution in [0.4, 0.5) is 5.69 Å². The van der Waals surface area contributed by atoms with Gasteiger partial charge in [0.15, 0.2) is 6.29 Å². The van der Waals surface area contributed by atoms with Gasteiger partial charge < -0.3 is 0 Å². The number of rotatable bonds is 1. The summed E-state index contributed by atoms with van der Waals surface area (Å²) in [5.74, 6) is 0.646. The number of pyridine rings is 1. The Morgan fingerprint density at radius 1 is 1.50 bits per heavy atom. The Morgan fingerprint density at radius 3 is 2.94 bits per heavy atom. The number of hydrogen-bond donors (Lipinski definition) is 0. The lowest BCUT2D eigenvalue weighted by Gasteiger charge is -2.16. The van der Waals surface area contributed by atoms with Crippen LogP contribution in [0.25, 0.3) is 0 Å². The molecule has 0 aromatic carbocycles. The molecule has 0 radical (unpaired) electrons. The second-order valence-corrected chi connectivity index (χ2v) is 4.69. The minimum atomic E-state index is 0.286. The lowest BCUT2D eigenvalue weighted by atomic mass is 9.89. The average molecular weight is 237 g/mol. The summed E-state index contributed by atoms with van der Waals surface area (Å²) >= 11 is 5.88. The van der Waals surface area contributed by atoms with E-state index in [1.165, 1.54) is 0 Å². The molecule has 0 N–H and O–H groups in total. The third kappa shape index (κ3) is 2.00. The van der Waals surface area contributed by atoms with E-state index in [0.717, 1.165) is 17.7 Å². The van der Waals surface area contributed by atoms with Crippen LogP contribution >= 0.6 is 11.6 Å². The number of aliphatic imine (C=N–C) groups is 1. The second kappa shape index (κ2) is 4.34. The molecule has 2 unspecified atom stereocenters. The maximum atomic E-state index is 10.9. The van der Waals surface area contributed by atoms with Gasteiger partial charge in [-0.15, -0.1) is 0 Å². The first-order valence-corrected chi connectivity index (χ1v) is 5.67. The number of halogens is 1. The van der Waals surface area contributed by atoms with E-state index in [1.54, 1.807) is 12.3 Å². The second-order valence-electron chi connectivity index (χ2n) is 4.25. The van der Waals surface area contributed by atoms with Gasteiger partial charge in [0, 0.05) is 12.1 Å². The molecule has 1 aromatic rings. The van der Waals surface area contributed by atoms with Crippen molar-refractivity contribution in [3.63, 3.8) is 0 Å². The zero-order valence-electron chi connectivity index (χ0n) is 9.27. The third-order valence-corrected chi connectivity index (χ3v) is 3.29. The average Bonchev–Trinajstić information content (AvgIpc) is 2.37. The topological polar surface area (TPSA) is 42.3 Å². The van der Waals surface area contributed by atoms with E-state index in [4.69, 9.17) is 11.6 Å². The monoisotopic (exact) mass is 236 g/mol. The molecule has 16 heavy (non-hydrogen) atoms. The molecule has 4 heteroatoms. The van der Waals surface area contributed by atoms with Gasteiger partial charge in [0.05, 0.1) is 22.1 Å². The van der Waals surface area contributed by atoms with Crippen molar-refractivity contribution < 1.29 is 4.79 Å². The van der Waals surface area contributed by atoms with Gasteiger partial charge in [0.2, 0.25) is 0 Å². The molecule has 0 saturated heterocycles. The molecule has 2 heterocycles. The molecule has 1 aliphatic rings. The molecule has 0 bridgehead atoms. The van der Waals surface area contributed by atoms with Crippen molar-refractivity contribution in [2.75, 3.05) is 0 Å². The number of aldehydes is 1. The van der Waals surface area contributed by atoms with Gasteiger partial charge in [-0.3, -0.25) is 9.78 Å². The highest BCUT2D eigenvalue weighted by molar-refractivity contribution is 6.31. The van der Waals surface area contributed by atoms with E-state index >= 15 is 0 Å². The number of fused-ring (bicyclic) bond motifs is 1. The molecule has 2 atom stereocenters. The van der Waals surface area contributed by atoms with Crippen molar-refractivity contribution in [3.8, 4) is 0 Å². The van der Waals surface area contributed by atoms with E-state index in [0.29, 0.717) is 23.1 Å². The molecular weight excluding hydrogens is 224 g/mol. The Morgan fingerprint density at radius 2 is 2.25 bits per heavy atom. The van der Waals surface area contributed by atoms with E-state index in [9.17, 15) is 4.79 Å². The SMILES string of the molecule is CC1CC(C=O)=Nc2cc(Cl)cnc2C1C. The summed E-state index contributed by atoms with van der Waals surface area (Å²) in [6, 6.07) is 1.77. The van der Waals surface area contributed by atoms with Gasteiger partial charge in [-0.2, -0.15) is 0 Å². The molecule has 0 amide bonds. The lowest BCUT2D eigenvalue weighted by molar-refractivity contribution is -0.102. The van der Waals surface area contributed by atoms with Crippen LogP contribution in [-0.2, 0) is 4.79 Å². The van der Waals surface area contributed by atoms with Crippen molar-refractivity contribution >= 4 is 29.3 Å². The first-order chi connectivity index (χ1) is 7.61. The zero-order valence-corrected chi connectivity index (χ0v) is 10.0. The molecule has 0 fully saturated rings. The fraction of sp³-hybridized carbons (Fsp3) is 0.417. The summed E-state index contributed by atoms with van der Waals surface area (Å²) in [5, 5.41) is 0.550. The minimum absolute atomic E-state index is 0.286. The predicted molar refractivity (Wildman–Crippen MR) is 64.6 cm³/mol. The van der Waals surface area contributed by atoms with Crippen LogP contribution in [0, 0.1) is 5.92 Å². The summed E-state index contributed by atoms with van der Waals surface area (Å²) in [6.45, 7) is 4.21. The summed E-state index contributed by atoms with van der Waals surface area (Å²) in [7, 11) is 0. The summed E-state index contributed by atoms with van der Waals surface area (Å²) < 4.78 is 0. The van der Waals surface area contributed by atoms with Crippen molar-refractivity contribution in [3.05, 3.63) is 23.0 Å². The molecule has 84 valence electrons. The number of aromatic nitrogens is 1. The highest BCUT2D eigenvalue weighted by Crippen LogP contribution is 2.36. The lowest BCUT2D eigenvalue weighted by Crippen LogP contribution is -2.10. The molecule has 2 rings (SSSR count). The molecule has 1 aliphatic heterocycles. The third-order valence-electron chi connectivity index (χ3n) is 3.08. The molecule has 0 saturated carbocycles. The fourth-order valence-corrected chi connectivity index (χ4v) is 2.08. The smallest absolute Gasteiger partial charge is 0.164 e. The Hall–Kier alpha value is -1.22. The fourth-order valence-electron chi connectivity index (χ4n) is 1.93. The van der Waals surface area contributed by atoms with Gasteiger partial charge in [0.1, 0.15) is 0 Å². The van der Waals surface area contributed by atoms with E-state index in [-0.39, 0.29) is 5.92 Å². The van der Waals surface area contributed by atoms with E-state index in [2.05, 4.69) is 23.8 Å². The van der Waals surface area contributed by atoms with Crippen LogP contribution in [0.15, 0.2) is 17.3 Å². The highest BCUT2D eigenvalue weighted by Gasteiger charge is 2.24. The van der Waals surface area contributed by atoms with Gasteiger partial charge in [0.25, 0.3) is 0 Å². The molecule has 0 aliphatic carbocycles. The Labute approximate surface area is 99.6 Å². The summed E-state index contributed by atoms with van der Waals surface area (Å²) in [5.41, 5.74) is 2.22. The largest absolute Gasteiger partial charge is 0.297 e. The number of carbonyl (C=O) groups is 1. The van der Waals surface area contributed by atoms with Crippen LogP contribution in [0.1, 0.15) is 31.9 Å². The van der Waals surface area contributed by atoms with Gasteiger partial charge >= 0.3 is 0 Å². The molecular formula is C12H13ClN2O. The quantitative estimate of drug-likeness (QED) is 0.703. The number of nitrogens with zero attached hydrogens (tertiary/aromatic N) is 2. The first-order valence-electron chi connectivity index (χ1n) is 5.30. The van der Waals surface area contributed by atoms with E-state index < -0.39 is 0 Å². The Balaban J connectivity index is 2.57. The van der Waals surface area contributed by atoms with Crippen molar-refractivity contribution in [2.45, 2.75) is 26.2 Å². The van der Waals surface area contributed by atoms with Crippen LogP contribution in [-0.4, -0.2) is 17.0 Å². The molecule has 1 aromatic heterocycles. The number of carbonyl (C=O) groups excluding carboxylic acids is 1. The Kier molecular flexibility index (Phi) is 3.06. The van der Waals surface area contributed by atoms with E-state index in [1.807, 2.05) is 0 Å². The molecule has 3 nitrogen and oxygen atoms in total. The number of hydrogen-bond acceptors (Lipinski definition) is 3. The maximum absolute atomic E-state index is 10.9. The van der Waals surface area contributed by atoms with Gasteiger partial charge in [-0.05, 0) is 18.4 Å². The zero-order chi connectivity index (χ0) is 11.7. The predicted octanol–water partition coefficient (Wildman–Crippen LogP) is 3.15. The van der Waals surface area contributed by atoms with Gasteiger partial charge in [-0.25, -0.2) is 4.99 Å².